The molecule has 0 spiro atoms. The summed E-state index contributed by atoms with van der Waals surface area (Å²) >= 11 is 6.00. The summed E-state index contributed by atoms with van der Waals surface area (Å²) in [5.41, 5.74) is 0.828. The molecule has 1 atom stereocenters. The largest absolute Gasteiger partial charge is 0.496 e. The van der Waals surface area contributed by atoms with Gasteiger partial charge in [-0.1, -0.05) is 11.6 Å². The predicted molar refractivity (Wildman–Crippen MR) is 71.2 cm³/mol. The molecule has 1 heterocycles. The zero-order chi connectivity index (χ0) is 13.0. The Morgan fingerprint density at radius 2 is 2.17 bits per heavy atom. The van der Waals surface area contributed by atoms with Gasteiger partial charge in [-0.05, 0) is 18.2 Å². The van der Waals surface area contributed by atoms with Crippen molar-refractivity contribution in [3.63, 3.8) is 0 Å². The molecule has 1 saturated heterocycles. The van der Waals surface area contributed by atoms with Crippen molar-refractivity contribution in [1.29, 1.82) is 0 Å². The van der Waals surface area contributed by atoms with Gasteiger partial charge in [0.2, 0.25) is 0 Å². The van der Waals surface area contributed by atoms with Crippen molar-refractivity contribution in [1.82, 2.24) is 10.2 Å². The Labute approximate surface area is 112 Å². The average Bonchev–Trinajstić information content (AvgIpc) is 2.41. The van der Waals surface area contributed by atoms with E-state index in [4.69, 9.17) is 16.3 Å². The molecule has 1 aromatic carbocycles. The molecule has 100 valence electrons. The SMILES string of the molecule is COc1ccc(Cl)cc1[C@@H](CF)N1CCNCC1. The Kier molecular flexibility index (Phi) is 4.80. The highest BCUT2D eigenvalue weighted by atomic mass is 35.5. The summed E-state index contributed by atoms with van der Waals surface area (Å²) in [6, 6.07) is 5.08. The average molecular weight is 273 g/mol. The number of hydrogen-bond donors (Lipinski definition) is 1. The van der Waals surface area contributed by atoms with Crippen LogP contribution in [0, 0.1) is 0 Å². The van der Waals surface area contributed by atoms with Crippen molar-refractivity contribution in [2.24, 2.45) is 0 Å². The smallest absolute Gasteiger partial charge is 0.123 e. The van der Waals surface area contributed by atoms with Crippen molar-refractivity contribution in [2.45, 2.75) is 6.04 Å². The number of piperazine rings is 1. The third-order valence-corrected chi connectivity index (χ3v) is 3.52. The summed E-state index contributed by atoms with van der Waals surface area (Å²) < 4.78 is 18.7. The van der Waals surface area contributed by atoms with E-state index in [0.29, 0.717) is 10.8 Å². The number of ether oxygens (including phenoxy) is 1. The van der Waals surface area contributed by atoms with Gasteiger partial charge in [0.15, 0.2) is 0 Å². The van der Waals surface area contributed by atoms with Crippen molar-refractivity contribution in [3.8, 4) is 5.75 Å². The second kappa shape index (κ2) is 6.36. The van der Waals surface area contributed by atoms with E-state index in [1.54, 1.807) is 25.3 Å². The van der Waals surface area contributed by atoms with Crippen LogP contribution in [-0.2, 0) is 0 Å². The molecule has 5 heteroatoms. The zero-order valence-electron chi connectivity index (χ0n) is 10.5. The summed E-state index contributed by atoms with van der Waals surface area (Å²) in [5, 5.41) is 3.87. The molecule has 1 fully saturated rings. The van der Waals surface area contributed by atoms with Gasteiger partial charge in [0, 0.05) is 36.8 Å². The zero-order valence-corrected chi connectivity index (χ0v) is 11.2. The molecule has 0 bridgehead atoms. The Hall–Kier alpha value is -0.840. The lowest BCUT2D eigenvalue weighted by molar-refractivity contribution is 0.145. The van der Waals surface area contributed by atoms with E-state index in [1.165, 1.54) is 0 Å². The summed E-state index contributed by atoms with van der Waals surface area (Å²) in [6.07, 6.45) is 0. The van der Waals surface area contributed by atoms with E-state index in [1.807, 2.05) is 0 Å². The Morgan fingerprint density at radius 1 is 1.44 bits per heavy atom. The molecule has 18 heavy (non-hydrogen) atoms. The van der Waals surface area contributed by atoms with Crippen molar-refractivity contribution < 1.29 is 9.13 Å². The Morgan fingerprint density at radius 3 is 2.78 bits per heavy atom. The minimum atomic E-state index is -0.434. The first-order chi connectivity index (χ1) is 8.76. The van der Waals surface area contributed by atoms with Gasteiger partial charge in [-0.3, -0.25) is 4.90 Å². The van der Waals surface area contributed by atoms with E-state index in [2.05, 4.69) is 10.2 Å². The quantitative estimate of drug-likeness (QED) is 0.910. The third-order valence-electron chi connectivity index (χ3n) is 3.29. The van der Waals surface area contributed by atoms with Gasteiger partial charge in [0.25, 0.3) is 0 Å². The molecule has 0 aromatic heterocycles. The van der Waals surface area contributed by atoms with Crippen molar-refractivity contribution in [2.75, 3.05) is 40.0 Å². The van der Waals surface area contributed by atoms with Crippen LogP contribution in [0.25, 0.3) is 0 Å². The molecule has 0 unspecified atom stereocenters. The number of nitrogens with one attached hydrogen (secondary N) is 1. The predicted octanol–water partition coefficient (Wildman–Crippen LogP) is 2.26. The number of rotatable bonds is 4. The molecule has 1 aliphatic rings. The van der Waals surface area contributed by atoms with Gasteiger partial charge >= 0.3 is 0 Å². The van der Waals surface area contributed by atoms with E-state index < -0.39 is 6.67 Å². The highest BCUT2D eigenvalue weighted by Gasteiger charge is 2.24. The molecule has 0 radical (unpaired) electrons. The van der Waals surface area contributed by atoms with Crippen LogP contribution in [0.5, 0.6) is 5.75 Å². The van der Waals surface area contributed by atoms with Crippen molar-refractivity contribution >= 4 is 11.6 Å². The third kappa shape index (κ3) is 2.94. The van der Waals surface area contributed by atoms with E-state index in [9.17, 15) is 4.39 Å². The van der Waals surface area contributed by atoms with Gasteiger partial charge in [-0.25, -0.2) is 4.39 Å². The molecule has 1 aliphatic heterocycles. The van der Waals surface area contributed by atoms with Gasteiger partial charge in [0.05, 0.1) is 13.2 Å². The molecule has 0 aliphatic carbocycles. The highest BCUT2D eigenvalue weighted by Crippen LogP contribution is 2.32. The Balaban J connectivity index is 2.27. The normalized spacial score (nSPS) is 18.6. The first-order valence-electron chi connectivity index (χ1n) is 6.10. The number of benzene rings is 1. The van der Waals surface area contributed by atoms with Crippen LogP contribution in [0.2, 0.25) is 5.02 Å². The number of halogens is 2. The van der Waals surface area contributed by atoms with Gasteiger partial charge in [-0.2, -0.15) is 0 Å². The fourth-order valence-corrected chi connectivity index (χ4v) is 2.52. The molecule has 1 N–H and O–H groups in total. The van der Waals surface area contributed by atoms with Crippen LogP contribution in [-0.4, -0.2) is 44.9 Å². The van der Waals surface area contributed by atoms with E-state index in [0.717, 1.165) is 31.7 Å². The second-order valence-electron chi connectivity index (χ2n) is 4.34. The number of alkyl halides is 1. The molecular formula is C13H18ClFN2O. The molecule has 3 nitrogen and oxygen atoms in total. The number of nitrogens with zero attached hydrogens (tertiary/aromatic N) is 1. The molecule has 1 aromatic rings. The van der Waals surface area contributed by atoms with Crippen LogP contribution >= 0.6 is 11.6 Å². The Bertz CT molecular complexity index is 397. The number of methoxy groups -OCH3 is 1. The lowest BCUT2D eigenvalue weighted by atomic mass is 10.0. The standard InChI is InChI=1S/C13H18ClFN2O/c1-18-13-3-2-10(14)8-11(13)12(9-15)17-6-4-16-5-7-17/h2-3,8,12,16H,4-7,9H2,1H3/t12-/m1/s1. The van der Waals surface area contributed by atoms with E-state index in [-0.39, 0.29) is 6.04 Å². The molecule has 0 amide bonds. The van der Waals surface area contributed by atoms with Crippen LogP contribution < -0.4 is 10.1 Å². The minimum Gasteiger partial charge on any atom is -0.496 e. The molecule has 2 rings (SSSR count). The fourth-order valence-electron chi connectivity index (χ4n) is 2.34. The van der Waals surface area contributed by atoms with E-state index >= 15 is 0 Å². The topological polar surface area (TPSA) is 24.5 Å². The van der Waals surface area contributed by atoms with Gasteiger partial charge in [0.1, 0.15) is 12.4 Å². The van der Waals surface area contributed by atoms with Gasteiger partial charge in [-0.15, -0.1) is 0 Å². The van der Waals surface area contributed by atoms with Gasteiger partial charge < -0.3 is 10.1 Å². The first kappa shape index (κ1) is 13.6. The van der Waals surface area contributed by atoms with Crippen LogP contribution in [0.1, 0.15) is 11.6 Å². The lowest BCUT2D eigenvalue weighted by Gasteiger charge is -2.34. The monoisotopic (exact) mass is 272 g/mol. The van der Waals surface area contributed by atoms with Crippen LogP contribution in [0.3, 0.4) is 0 Å². The van der Waals surface area contributed by atoms with Crippen LogP contribution in [0.15, 0.2) is 18.2 Å². The highest BCUT2D eigenvalue weighted by molar-refractivity contribution is 6.30. The molecule has 0 saturated carbocycles. The summed E-state index contributed by atoms with van der Waals surface area (Å²) in [5.74, 6) is 0.695. The second-order valence-corrected chi connectivity index (χ2v) is 4.78. The lowest BCUT2D eigenvalue weighted by Crippen LogP contribution is -2.45. The maximum atomic E-state index is 13.4. The maximum Gasteiger partial charge on any atom is 0.123 e. The minimum absolute atomic E-state index is 0.277. The summed E-state index contributed by atoms with van der Waals surface area (Å²) in [7, 11) is 1.60. The summed E-state index contributed by atoms with van der Waals surface area (Å²) in [4.78, 5) is 2.13. The fraction of sp³-hybridized carbons (Fsp3) is 0.538. The number of hydrogen-bond acceptors (Lipinski definition) is 3. The van der Waals surface area contributed by atoms with Crippen LogP contribution in [0.4, 0.5) is 4.39 Å². The molecular weight excluding hydrogens is 255 g/mol. The first-order valence-corrected chi connectivity index (χ1v) is 6.48. The summed E-state index contributed by atoms with van der Waals surface area (Å²) in [6.45, 7) is 3.02. The van der Waals surface area contributed by atoms with Crippen molar-refractivity contribution in [3.05, 3.63) is 28.8 Å². The maximum absolute atomic E-state index is 13.4.